The summed E-state index contributed by atoms with van der Waals surface area (Å²) in [7, 11) is 0. The van der Waals surface area contributed by atoms with E-state index in [0.717, 1.165) is 23.0 Å². The fourth-order valence-electron chi connectivity index (χ4n) is 3.22. The number of rotatable bonds is 5. The number of imide groups is 1. The SMILES string of the molecule is O=C1CN(c2cccc3ccccc23)C(=O)N1CCCn1ccnc1. The van der Waals surface area contributed by atoms with Gasteiger partial charge < -0.3 is 4.57 Å². The molecule has 0 atom stereocenters. The van der Waals surface area contributed by atoms with Crippen molar-refractivity contribution in [2.75, 3.05) is 18.0 Å². The van der Waals surface area contributed by atoms with Gasteiger partial charge in [0.1, 0.15) is 6.54 Å². The Kier molecular flexibility index (Phi) is 3.93. The highest BCUT2D eigenvalue weighted by Crippen LogP contribution is 2.29. The Morgan fingerprint density at radius 3 is 2.68 bits per heavy atom. The minimum Gasteiger partial charge on any atom is -0.337 e. The number of nitrogens with zero attached hydrogens (tertiary/aromatic N) is 4. The number of anilines is 1. The number of hydrogen-bond acceptors (Lipinski definition) is 3. The smallest absolute Gasteiger partial charge is 0.331 e. The van der Waals surface area contributed by atoms with E-state index in [9.17, 15) is 9.59 Å². The second-order valence-corrected chi connectivity index (χ2v) is 6.07. The molecule has 0 unspecified atom stereocenters. The number of urea groups is 1. The summed E-state index contributed by atoms with van der Waals surface area (Å²) in [6.07, 6.45) is 6.03. The van der Waals surface area contributed by atoms with Crippen LogP contribution in [-0.2, 0) is 11.3 Å². The number of carbonyl (C=O) groups is 2. The van der Waals surface area contributed by atoms with Crippen molar-refractivity contribution in [3.8, 4) is 0 Å². The van der Waals surface area contributed by atoms with Crippen LogP contribution < -0.4 is 4.90 Å². The van der Waals surface area contributed by atoms with E-state index in [1.807, 2.05) is 53.2 Å². The summed E-state index contributed by atoms with van der Waals surface area (Å²) in [6.45, 7) is 1.24. The average molecular weight is 334 g/mol. The van der Waals surface area contributed by atoms with E-state index in [0.29, 0.717) is 13.0 Å². The van der Waals surface area contributed by atoms with Crippen LogP contribution in [0.15, 0.2) is 61.2 Å². The molecule has 0 bridgehead atoms. The van der Waals surface area contributed by atoms with Crippen LogP contribution in [0.3, 0.4) is 0 Å². The van der Waals surface area contributed by atoms with Crippen molar-refractivity contribution in [3.63, 3.8) is 0 Å². The average Bonchev–Trinajstić information content (AvgIpc) is 3.24. The molecule has 126 valence electrons. The van der Waals surface area contributed by atoms with E-state index in [1.165, 1.54) is 4.90 Å². The first-order valence-corrected chi connectivity index (χ1v) is 8.29. The number of aromatic nitrogens is 2. The number of hydrogen-bond donors (Lipinski definition) is 0. The molecule has 2 aromatic carbocycles. The van der Waals surface area contributed by atoms with Gasteiger partial charge in [-0.25, -0.2) is 9.78 Å². The standard InChI is InChI=1S/C19H18N4O2/c24-18-13-23(17-8-3-6-15-5-1-2-7-16(15)17)19(25)22(18)11-4-10-21-12-9-20-14-21/h1-3,5-9,12,14H,4,10-11,13H2. The molecule has 1 aliphatic rings. The third kappa shape index (κ3) is 2.87. The van der Waals surface area contributed by atoms with Crippen LogP contribution in [0.1, 0.15) is 6.42 Å². The van der Waals surface area contributed by atoms with E-state index in [4.69, 9.17) is 0 Å². The predicted octanol–water partition coefficient (Wildman–Crippen LogP) is 2.90. The maximum absolute atomic E-state index is 12.8. The molecule has 6 nitrogen and oxygen atoms in total. The Morgan fingerprint density at radius 1 is 1.00 bits per heavy atom. The van der Waals surface area contributed by atoms with Gasteiger partial charge in [-0.2, -0.15) is 0 Å². The van der Waals surface area contributed by atoms with Crippen LogP contribution in [0.4, 0.5) is 10.5 Å². The highest BCUT2D eigenvalue weighted by molar-refractivity contribution is 6.15. The molecular formula is C19H18N4O2. The zero-order chi connectivity index (χ0) is 17.2. The van der Waals surface area contributed by atoms with Gasteiger partial charge >= 0.3 is 6.03 Å². The molecule has 4 rings (SSSR count). The van der Waals surface area contributed by atoms with E-state index >= 15 is 0 Å². The van der Waals surface area contributed by atoms with Gasteiger partial charge in [0.2, 0.25) is 0 Å². The normalized spacial score (nSPS) is 14.7. The fraction of sp³-hybridized carbons (Fsp3) is 0.211. The number of fused-ring (bicyclic) bond motifs is 1. The Labute approximate surface area is 145 Å². The minimum atomic E-state index is -0.244. The van der Waals surface area contributed by atoms with Crippen LogP contribution in [0.25, 0.3) is 10.8 Å². The lowest BCUT2D eigenvalue weighted by Crippen LogP contribution is -2.34. The molecule has 1 saturated heterocycles. The number of carbonyl (C=O) groups excluding carboxylic acids is 2. The van der Waals surface area contributed by atoms with Crippen molar-refractivity contribution in [2.24, 2.45) is 0 Å². The molecule has 0 aliphatic carbocycles. The first kappa shape index (κ1) is 15.4. The van der Waals surface area contributed by atoms with Crippen LogP contribution >= 0.6 is 0 Å². The third-order valence-electron chi connectivity index (χ3n) is 4.47. The van der Waals surface area contributed by atoms with Crippen molar-refractivity contribution < 1.29 is 9.59 Å². The molecule has 1 aliphatic heterocycles. The number of imidazole rings is 1. The van der Waals surface area contributed by atoms with Crippen molar-refractivity contribution >= 4 is 28.4 Å². The largest absolute Gasteiger partial charge is 0.337 e. The quantitative estimate of drug-likeness (QED) is 0.674. The van der Waals surface area contributed by atoms with E-state index < -0.39 is 0 Å². The first-order valence-electron chi connectivity index (χ1n) is 8.29. The zero-order valence-corrected chi connectivity index (χ0v) is 13.7. The summed E-state index contributed by atoms with van der Waals surface area (Å²) in [5, 5.41) is 2.03. The van der Waals surface area contributed by atoms with Gasteiger partial charge in [0.25, 0.3) is 5.91 Å². The summed E-state index contributed by atoms with van der Waals surface area (Å²) >= 11 is 0. The fourth-order valence-corrected chi connectivity index (χ4v) is 3.22. The number of amides is 3. The van der Waals surface area contributed by atoms with Gasteiger partial charge in [-0.05, 0) is 17.9 Å². The monoisotopic (exact) mass is 334 g/mol. The lowest BCUT2D eigenvalue weighted by atomic mass is 10.1. The maximum atomic E-state index is 12.8. The first-order chi connectivity index (χ1) is 12.2. The summed E-state index contributed by atoms with van der Waals surface area (Å²) in [5.74, 6) is -0.149. The molecule has 3 aromatic rings. The highest BCUT2D eigenvalue weighted by Gasteiger charge is 2.36. The van der Waals surface area contributed by atoms with Crippen LogP contribution in [0.2, 0.25) is 0 Å². The molecule has 0 N–H and O–H groups in total. The lowest BCUT2D eigenvalue weighted by Gasteiger charge is -2.19. The van der Waals surface area contributed by atoms with Crippen molar-refractivity contribution in [3.05, 3.63) is 61.2 Å². The van der Waals surface area contributed by atoms with Crippen molar-refractivity contribution in [1.82, 2.24) is 14.5 Å². The van der Waals surface area contributed by atoms with Crippen molar-refractivity contribution in [1.29, 1.82) is 0 Å². The molecule has 1 aromatic heterocycles. The van der Waals surface area contributed by atoms with Crippen LogP contribution in [-0.4, -0.2) is 39.5 Å². The Bertz CT molecular complexity index is 915. The summed E-state index contributed by atoms with van der Waals surface area (Å²) in [5.41, 5.74) is 0.786. The van der Waals surface area contributed by atoms with Gasteiger partial charge in [0, 0.05) is 30.9 Å². The van der Waals surface area contributed by atoms with E-state index in [2.05, 4.69) is 4.98 Å². The van der Waals surface area contributed by atoms with Gasteiger partial charge in [-0.3, -0.25) is 14.6 Å². The van der Waals surface area contributed by atoms with Gasteiger partial charge in [-0.1, -0.05) is 36.4 Å². The molecule has 2 heterocycles. The van der Waals surface area contributed by atoms with E-state index in [1.54, 1.807) is 17.4 Å². The summed E-state index contributed by atoms with van der Waals surface area (Å²) in [4.78, 5) is 32.0. The third-order valence-corrected chi connectivity index (χ3v) is 4.47. The summed E-state index contributed by atoms with van der Waals surface area (Å²) in [6, 6.07) is 13.5. The molecule has 1 fully saturated rings. The molecule has 0 radical (unpaired) electrons. The predicted molar refractivity (Wildman–Crippen MR) is 95.2 cm³/mol. The van der Waals surface area contributed by atoms with Crippen LogP contribution in [0.5, 0.6) is 0 Å². The van der Waals surface area contributed by atoms with Crippen LogP contribution in [0, 0.1) is 0 Å². The zero-order valence-electron chi connectivity index (χ0n) is 13.7. The summed E-state index contributed by atoms with van der Waals surface area (Å²) < 4.78 is 1.94. The molecule has 3 amide bonds. The van der Waals surface area contributed by atoms with Crippen molar-refractivity contribution in [2.45, 2.75) is 13.0 Å². The second-order valence-electron chi connectivity index (χ2n) is 6.07. The topological polar surface area (TPSA) is 58.4 Å². The molecule has 0 spiro atoms. The van der Waals surface area contributed by atoms with Gasteiger partial charge in [0.05, 0.1) is 12.0 Å². The van der Waals surface area contributed by atoms with Gasteiger partial charge in [0.15, 0.2) is 0 Å². The minimum absolute atomic E-state index is 0.0952. The molecule has 6 heteroatoms. The Hall–Kier alpha value is -3.15. The molecule has 0 saturated carbocycles. The maximum Gasteiger partial charge on any atom is 0.331 e. The van der Waals surface area contributed by atoms with Gasteiger partial charge in [-0.15, -0.1) is 0 Å². The number of benzene rings is 2. The van der Waals surface area contributed by atoms with E-state index in [-0.39, 0.29) is 18.5 Å². The number of aryl methyl sites for hydroxylation is 1. The lowest BCUT2D eigenvalue weighted by molar-refractivity contribution is -0.124. The molecule has 25 heavy (non-hydrogen) atoms. The highest BCUT2D eigenvalue weighted by atomic mass is 16.2. The Morgan fingerprint density at radius 2 is 1.84 bits per heavy atom. The molecular weight excluding hydrogens is 316 g/mol. The Balaban J connectivity index is 1.52. The second kappa shape index (κ2) is 6.39.